The second kappa shape index (κ2) is 8.32. The molecule has 1 aromatic heterocycles. The Morgan fingerprint density at radius 2 is 2.00 bits per heavy atom. The van der Waals surface area contributed by atoms with E-state index in [0.717, 1.165) is 44.0 Å². The van der Waals surface area contributed by atoms with Crippen LogP contribution in [0.3, 0.4) is 0 Å². The van der Waals surface area contributed by atoms with Gasteiger partial charge in [-0.05, 0) is 31.5 Å². The normalized spacial score (nSPS) is 16.7. The van der Waals surface area contributed by atoms with Crippen molar-refractivity contribution in [3.05, 3.63) is 53.7 Å². The molecule has 1 aromatic carbocycles. The number of quaternary nitrogens is 1. The number of aliphatic hydroxyl groups excluding tert-OH is 1. The van der Waals surface area contributed by atoms with Gasteiger partial charge in [-0.15, -0.1) is 0 Å². The number of hydrogen-bond acceptors (Lipinski definition) is 3. The summed E-state index contributed by atoms with van der Waals surface area (Å²) >= 11 is 0. The van der Waals surface area contributed by atoms with Gasteiger partial charge in [-0.25, -0.2) is 4.98 Å². The number of H-pyrrole nitrogens is 1. The second-order valence-corrected chi connectivity index (χ2v) is 6.92. The molecule has 1 aliphatic rings. The van der Waals surface area contributed by atoms with Crippen molar-refractivity contribution in [2.24, 2.45) is 0 Å². The molecular weight excluding hydrogens is 314 g/mol. The number of anilines is 1. The summed E-state index contributed by atoms with van der Waals surface area (Å²) in [6, 6.07) is 12.3. The van der Waals surface area contributed by atoms with Crippen molar-refractivity contribution in [3.8, 4) is 5.75 Å². The molecule has 5 nitrogen and oxygen atoms in total. The number of aryl methyl sites for hydroxylation is 2. The lowest BCUT2D eigenvalue weighted by Crippen LogP contribution is -3.16. The van der Waals surface area contributed by atoms with Crippen LogP contribution in [0.5, 0.6) is 5.75 Å². The van der Waals surface area contributed by atoms with Crippen LogP contribution in [0, 0.1) is 13.8 Å². The van der Waals surface area contributed by atoms with E-state index in [1.165, 1.54) is 16.3 Å². The average Bonchev–Trinajstić information content (AvgIpc) is 2.62. The third-order valence-corrected chi connectivity index (χ3v) is 4.79. The highest BCUT2D eigenvalue weighted by Gasteiger charge is 2.27. The standard InChI is InChI=1S/C20H27N3O2/c1-16-6-7-19(17(2)13-16)25-15-18(24)14-22-9-11-23(12-10-22)20-5-3-4-8-21-20/h3-8,13,18,24H,9-12,14-15H2,1-2H3/p+2. The van der Waals surface area contributed by atoms with Gasteiger partial charge in [-0.1, -0.05) is 23.8 Å². The zero-order valence-corrected chi connectivity index (χ0v) is 15.2. The quantitative estimate of drug-likeness (QED) is 0.791. The Labute approximate surface area is 149 Å². The van der Waals surface area contributed by atoms with Gasteiger partial charge in [-0.2, -0.15) is 0 Å². The van der Waals surface area contributed by atoms with Crippen molar-refractivity contribution in [2.45, 2.75) is 20.0 Å². The molecule has 25 heavy (non-hydrogen) atoms. The molecule has 5 heteroatoms. The number of ether oxygens (including phenoxy) is 1. The van der Waals surface area contributed by atoms with Gasteiger partial charge in [0.15, 0.2) is 0 Å². The summed E-state index contributed by atoms with van der Waals surface area (Å²) in [6.45, 7) is 9.26. The molecule has 0 spiro atoms. The summed E-state index contributed by atoms with van der Waals surface area (Å²) in [6.07, 6.45) is 1.52. The third-order valence-electron chi connectivity index (χ3n) is 4.79. The number of hydrogen-bond donors (Lipinski definition) is 2. The molecule has 0 radical (unpaired) electrons. The first-order valence-electron chi connectivity index (χ1n) is 9.05. The number of piperazine rings is 1. The molecule has 0 saturated carbocycles. The van der Waals surface area contributed by atoms with Gasteiger partial charge in [-0.3, -0.25) is 4.90 Å². The van der Waals surface area contributed by atoms with E-state index in [1.807, 2.05) is 31.3 Å². The van der Waals surface area contributed by atoms with Crippen molar-refractivity contribution in [2.75, 3.05) is 44.2 Å². The van der Waals surface area contributed by atoms with E-state index in [1.54, 1.807) is 0 Å². The number of nitrogens with zero attached hydrogens (tertiary/aromatic N) is 1. The van der Waals surface area contributed by atoms with E-state index in [9.17, 15) is 5.11 Å². The van der Waals surface area contributed by atoms with Gasteiger partial charge in [0.25, 0.3) is 5.82 Å². The summed E-state index contributed by atoms with van der Waals surface area (Å²) < 4.78 is 5.81. The molecule has 1 aliphatic heterocycles. The monoisotopic (exact) mass is 343 g/mol. The maximum absolute atomic E-state index is 10.3. The first-order valence-corrected chi connectivity index (χ1v) is 9.05. The van der Waals surface area contributed by atoms with Gasteiger partial charge < -0.3 is 14.7 Å². The Balaban J connectivity index is 1.42. The predicted molar refractivity (Wildman–Crippen MR) is 98.2 cm³/mol. The highest BCUT2D eigenvalue weighted by atomic mass is 16.5. The fraction of sp³-hybridized carbons (Fsp3) is 0.450. The molecule has 3 rings (SSSR count). The number of rotatable bonds is 6. The lowest BCUT2D eigenvalue weighted by Gasteiger charge is -2.29. The van der Waals surface area contributed by atoms with E-state index < -0.39 is 6.10 Å². The highest BCUT2D eigenvalue weighted by molar-refractivity contribution is 5.35. The Morgan fingerprint density at radius 1 is 1.20 bits per heavy atom. The smallest absolute Gasteiger partial charge is 0.274 e. The SMILES string of the molecule is Cc1ccc(OCC(O)C[NH+]2CCN(c3cccc[nH+]3)CC2)c(C)c1. The molecular formula is C20H29N3O2+2. The molecule has 1 atom stereocenters. The lowest BCUT2D eigenvalue weighted by molar-refractivity contribution is -0.903. The molecule has 2 heterocycles. The number of aromatic nitrogens is 1. The molecule has 0 amide bonds. The lowest BCUT2D eigenvalue weighted by atomic mass is 10.1. The Hall–Kier alpha value is -2.11. The molecule has 2 aromatic rings. The van der Waals surface area contributed by atoms with Crippen LogP contribution in [0.15, 0.2) is 42.6 Å². The summed E-state index contributed by atoms with van der Waals surface area (Å²) in [4.78, 5) is 7.09. The number of aromatic amines is 1. The first kappa shape index (κ1) is 17.7. The maximum atomic E-state index is 10.3. The minimum Gasteiger partial charge on any atom is -0.490 e. The zero-order valence-electron chi connectivity index (χ0n) is 15.2. The number of pyridine rings is 1. The molecule has 1 fully saturated rings. The van der Waals surface area contributed by atoms with Crippen molar-refractivity contribution < 1.29 is 19.7 Å². The van der Waals surface area contributed by atoms with Gasteiger partial charge in [0, 0.05) is 6.07 Å². The van der Waals surface area contributed by atoms with E-state index in [0.29, 0.717) is 6.61 Å². The average molecular weight is 343 g/mol. The highest BCUT2D eigenvalue weighted by Crippen LogP contribution is 2.18. The summed E-state index contributed by atoms with van der Waals surface area (Å²) in [7, 11) is 0. The van der Waals surface area contributed by atoms with Crippen molar-refractivity contribution in [3.63, 3.8) is 0 Å². The minimum absolute atomic E-state index is 0.351. The molecule has 134 valence electrons. The van der Waals surface area contributed by atoms with Crippen LogP contribution >= 0.6 is 0 Å². The van der Waals surface area contributed by atoms with Crippen LogP contribution in [0.2, 0.25) is 0 Å². The van der Waals surface area contributed by atoms with Gasteiger partial charge in [0.1, 0.15) is 51.2 Å². The Kier molecular flexibility index (Phi) is 5.89. The summed E-state index contributed by atoms with van der Waals surface area (Å²) in [5.74, 6) is 2.03. The molecule has 3 N–H and O–H groups in total. The van der Waals surface area contributed by atoms with Crippen LogP contribution in [0.25, 0.3) is 0 Å². The van der Waals surface area contributed by atoms with E-state index >= 15 is 0 Å². The van der Waals surface area contributed by atoms with Gasteiger partial charge in [0.05, 0.1) is 6.20 Å². The summed E-state index contributed by atoms with van der Waals surface area (Å²) in [5.41, 5.74) is 2.34. The second-order valence-electron chi connectivity index (χ2n) is 6.92. The van der Waals surface area contributed by atoms with Gasteiger partial charge >= 0.3 is 0 Å². The van der Waals surface area contributed by atoms with E-state index in [4.69, 9.17) is 4.74 Å². The van der Waals surface area contributed by atoms with Crippen LogP contribution in [-0.2, 0) is 0 Å². The van der Waals surface area contributed by atoms with Crippen LogP contribution in [-0.4, -0.2) is 50.5 Å². The molecule has 0 aliphatic carbocycles. The van der Waals surface area contributed by atoms with E-state index in [-0.39, 0.29) is 0 Å². The first-order chi connectivity index (χ1) is 12.1. The van der Waals surface area contributed by atoms with E-state index in [2.05, 4.69) is 35.0 Å². The largest absolute Gasteiger partial charge is 0.490 e. The topological polar surface area (TPSA) is 51.3 Å². The third kappa shape index (κ3) is 4.94. The van der Waals surface area contributed by atoms with Crippen molar-refractivity contribution >= 4 is 5.82 Å². The Bertz CT molecular complexity index is 670. The summed E-state index contributed by atoms with van der Waals surface area (Å²) in [5, 5.41) is 10.3. The maximum Gasteiger partial charge on any atom is 0.274 e. The van der Waals surface area contributed by atoms with Crippen LogP contribution in [0.1, 0.15) is 11.1 Å². The zero-order chi connectivity index (χ0) is 17.6. The van der Waals surface area contributed by atoms with Crippen LogP contribution < -0.4 is 19.5 Å². The number of benzene rings is 1. The minimum atomic E-state index is -0.439. The fourth-order valence-corrected chi connectivity index (χ4v) is 3.39. The van der Waals surface area contributed by atoms with Crippen molar-refractivity contribution in [1.82, 2.24) is 0 Å². The number of aliphatic hydroxyl groups is 1. The number of nitrogens with one attached hydrogen (secondary N) is 2. The van der Waals surface area contributed by atoms with Crippen molar-refractivity contribution in [1.29, 1.82) is 0 Å². The molecule has 0 bridgehead atoms. The Morgan fingerprint density at radius 3 is 2.68 bits per heavy atom. The van der Waals surface area contributed by atoms with Crippen LogP contribution in [0.4, 0.5) is 5.82 Å². The molecule has 1 unspecified atom stereocenters. The molecule has 1 saturated heterocycles. The van der Waals surface area contributed by atoms with Gasteiger partial charge in [0.2, 0.25) is 0 Å². The fourth-order valence-electron chi connectivity index (χ4n) is 3.39. The predicted octanol–water partition coefficient (Wildman–Crippen LogP) is 0.262.